The molecule has 0 saturated carbocycles. The highest BCUT2D eigenvalue weighted by molar-refractivity contribution is 7.46. The smallest absolute Gasteiger partial charge is 0.508 e. The van der Waals surface area contributed by atoms with Gasteiger partial charge in [-0.05, 0) is 72.4 Å². The summed E-state index contributed by atoms with van der Waals surface area (Å²) in [4.78, 5) is 89.6. The minimum atomic E-state index is -4.81. The van der Waals surface area contributed by atoms with Gasteiger partial charge in [0.25, 0.3) is 5.91 Å². The summed E-state index contributed by atoms with van der Waals surface area (Å²) >= 11 is 0. The van der Waals surface area contributed by atoms with Crippen LogP contribution in [0.2, 0.25) is 0 Å². The molecule has 1 aromatic heterocycles. The van der Waals surface area contributed by atoms with Crippen molar-refractivity contribution in [2.24, 2.45) is 5.73 Å². The van der Waals surface area contributed by atoms with Crippen molar-refractivity contribution in [3.63, 3.8) is 0 Å². The molecule has 5 amide bonds. The van der Waals surface area contributed by atoms with E-state index < -0.39 is 49.6 Å². The lowest BCUT2D eigenvalue weighted by molar-refractivity contribution is -0.133. The second kappa shape index (κ2) is 25.6. The average molecular weight is 924 g/mol. The van der Waals surface area contributed by atoms with E-state index in [-0.39, 0.29) is 49.6 Å². The van der Waals surface area contributed by atoms with Crippen molar-refractivity contribution in [2.45, 2.75) is 95.3 Å². The molecular weight excluding hydrogens is 866 g/mol. The van der Waals surface area contributed by atoms with Crippen LogP contribution in [0.1, 0.15) is 77.7 Å². The Kier molecular flexibility index (Phi) is 19.5. The van der Waals surface area contributed by atoms with E-state index >= 15 is 0 Å². The van der Waals surface area contributed by atoms with Crippen LogP contribution in [0, 0.1) is 0 Å². The number of aryl methyl sites for hydroxylation is 2. The van der Waals surface area contributed by atoms with Gasteiger partial charge >= 0.3 is 7.82 Å². The Hall–Kier alpha value is -6.81. The minimum Gasteiger partial charge on any atom is -0.508 e. The molecule has 0 aliphatic carbocycles. The zero-order valence-electron chi connectivity index (χ0n) is 36.6. The Morgan fingerprint density at radius 2 is 1.23 bits per heavy atom. The number of phosphoric acid groups is 1. The van der Waals surface area contributed by atoms with E-state index in [0.29, 0.717) is 28.9 Å². The molecule has 0 unspecified atom stereocenters. The van der Waals surface area contributed by atoms with Crippen LogP contribution in [-0.2, 0) is 56.0 Å². The number of aromatic hydroxyl groups is 1. The molecular formula is C48H58N7O10P. The number of amides is 5. The second-order valence-electron chi connectivity index (χ2n) is 16.0. The maximum Gasteiger partial charge on any atom is 0.524 e. The molecule has 9 N–H and O–H groups in total. The first-order valence-electron chi connectivity index (χ1n) is 21.9. The third-order valence-corrected chi connectivity index (χ3v) is 11.1. The van der Waals surface area contributed by atoms with Gasteiger partial charge in [-0.2, -0.15) is 0 Å². The van der Waals surface area contributed by atoms with Crippen molar-refractivity contribution in [3.8, 4) is 11.5 Å². The number of phenolic OH excluding ortho intramolecular Hbond substituents is 1. The molecule has 3 atom stereocenters. The molecule has 17 nitrogen and oxygen atoms in total. The molecule has 4 aromatic carbocycles. The molecule has 0 bridgehead atoms. The van der Waals surface area contributed by atoms with Gasteiger partial charge in [-0.25, -0.2) is 9.55 Å². The summed E-state index contributed by atoms with van der Waals surface area (Å²) in [5.41, 5.74) is 9.00. The summed E-state index contributed by atoms with van der Waals surface area (Å²) in [6.07, 6.45) is 10.7. The molecule has 0 saturated heterocycles. The maximum atomic E-state index is 14.2. The summed E-state index contributed by atoms with van der Waals surface area (Å²) in [6, 6.07) is 26.6. The van der Waals surface area contributed by atoms with Crippen LogP contribution in [-0.4, -0.2) is 78.7 Å². The normalized spacial score (nSPS) is 12.6. The molecule has 350 valence electrons. The molecule has 0 aliphatic heterocycles. The first kappa shape index (κ1) is 50.2. The SMILES string of the molecule is NC(=O)[C@H](Cc1ccc(OP(=O)(O)O)cc1)NC(=O)[C@H](Cc1ccc(O)cc1)NC(=O)[C@H](Cc1cn(CCCCCCCCc2ccccc2)cn1)NC(=O)CCNC(=O)c1ccccc1. The lowest BCUT2D eigenvalue weighted by Crippen LogP contribution is -2.57. The Morgan fingerprint density at radius 3 is 1.86 bits per heavy atom. The predicted octanol–water partition coefficient (Wildman–Crippen LogP) is 4.43. The molecule has 5 rings (SSSR count). The largest absolute Gasteiger partial charge is 0.524 e. The van der Waals surface area contributed by atoms with Crippen LogP contribution in [0.25, 0.3) is 0 Å². The number of rotatable bonds is 27. The van der Waals surface area contributed by atoms with E-state index in [1.165, 1.54) is 42.0 Å². The Labute approximate surface area is 383 Å². The van der Waals surface area contributed by atoms with E-state index in [9.17, 15) is 33.6 Å². The van der Waals surface area contributed by atoms with Crippen LogP contribution in [0.15, 0.2) is 122 Å². The molecule has 0 fully saturated rings. The summed E-state index contributed by atoms with van der Waals surface area (Å²) in [6.45, 7) is 0.692. The Morgan fingerprint density at radius 1 is 0.667 bits per heavy atom. The molecule has 18 heteroatoms. The summed E-state index contributed by atoms with van der Waals surface area (Å²) in [5, 5.41) is 20.7. The van der Waals surface area contributed by atoms with E-state index in [0.717, 1.165) is 44.9 Å². The van der Waals surface area contributed by atoms with Crippen LogP contribution < -0.4 is 31.5 Å². The molecule has 66 heavy (non-hydrogen) atoms. The fourth-order valence-electron chi connectivity index (χ4n) is 7.18. The van der Waals surface area contributed by atoms with Crippen LogP contribution in [0.3, 0.4) is 0 Å². The number of carbonyl (C=O) groups excluding carboxylic acids is 5. The highest BCUT2D eigenvalue weighted by atomic mass is 31.2. The number of primary amides is 1. The van der Waals surface area contributed by atoms with Crippen molar-refractivity contribution in [3.05, 3.63) is 150 Å². The van der Waals surface area contributed by atoms with Crippen LogP contribution >= 0.6 is 7.82 Å². The van der Waals surface area contributed by atoms with Gasteiger partial charge in [-0.15, -0.1) is 0 Å². The quantitative estimate of drug-likeness (QED) is 0.0270. The van der Waals surface area contributed by atoms with Crippen molar-refractivity contribution in [2.75, 3.05) is 6.54 Å². The number of benzene rings is 4. The molecule has 1 heterocycles. The van der Waals surface area contributed by atoms with Crippen molar-refractivity contribution < 1.29 is 48.0 Å². The molecule has 0 spiro atoms. The highest BCUT2D eigenvalue weighted by Crippen LogP contribution is 2.37. The van der Waals surface area contributed by atoms with Gasteiger partial charge < -0.3 is 41.2 Å². The highest BCUT2D eigenvalue weighted by Gasteiger charge is 2.30. The number of hydrogen-bond acceptors (Lipinski definition) is 9. The fraction of sp³-hybridized carbons (Fsp3) is 0.333. The number of hydrogen-bond donors (Lipinski definition) is 8. The molecule has 0 radical (unpaired) electrons. The number of unbranched alkanes of at least 4 members (excludes halogenated alkanes) is 5. The monoisotopic (exact) mass is 923 g/mol. The van der Waals surface area contributed by atoms with Crippen molar-refractivity contribution >= 4 is 37.4 Å². The van der Waals surface area contributed by atoms with Gasteiger partial charge in [0.05, 0.1) is 12.0 Å². The summed E-state index contributed by atoms with van der Waals surface area (Å²) in [7, 11) is -4.81. The third kappa shape index (κ3) is 18.0. The predicted molar refractivity (Wildman–Crippen MR) is 247 cm³/mol. The zero-order chi connectivity index (χ0) is 47.3. The van der Waals surface area contributed by atoms with Gasteiger partial charge in [0, 0.05) is 50.5 Å². The Bertz CT molecular complexity index is 2380. The first-order valence-corrected chi connectivity index (χ1v) is 23.4. The minimum absolute atomic E-state index is 0.0185. The number of imidazole rings is 1. The number of nitrogens with zero attached hydrogens (tertiary/aromatic N) is 2. The fourth-order valence-corrected chi connectivity index (χ4v) is 7.58. The van der Waals surface area contributed by atoms with E-state index in [4.69, 9.17) is 15.5 Å². The zero-order valence-corrected chi connectivity index (χ0v) is 37.5. The second-order valence-corrected chi connectivity index (χ2v) is 17.1. The van der Waals surface area contributed by atoms with Gasteiger partial charge in [0.2, 0.25) is 23.6 Å². The number of carbonyl (C=O) groups is 5. The summed E-state index contributed by atoms with van der Waals surface area (Å²) in [5.74, 6) is -3.46. The number of nitrogens with two attached hydrogens (primary N) is 1. The Balaban J connectivity index is 1.25. The van der Waals surface area contributed by atoms with E-state index in [1.807, 2.05) is 16.8 Å². The number of phosphoric ester groups is 1. The van der Waals surface area contributed by atoms with Crippen LogP contribution in [0.4, 0.5) is 0 Å². The van der Waals surface area contributed by atoms with Gasteiger partial charge in [-0.3, -0.25) is 33.8 Å². The number of aromatic nitrogens is 2. The average Bonchev–Trinajstić information content (AvgIpc) is 3.74. The summed E-state index contributed by atoms with van der Waals surface area (Å²) < 4.78 is 17.8. The lowest BCUT2D eigenvalue weighted by atomic mass is 10.0. The van der Waals surface area contributed by atoms with Gasteiger partial charge in [0.15, 0.2) is 0 Å². The topological polar surface area (TPSA) is 264 Å². The number of nitrogens with one attached hydrogen (secondary N) is 4. The van der Waals surface area contributed by atoms with Crippen molar-refractivity contribution in [1.29, 1.82) is 0 Å². The standard InChI is InChI=1S/C48H58N7O10P/c49-45(58)41(29-36-20-24-40(25-21-36)65-66(62,63)64)53-47(60)42(30-35-18-22-39(56)23-19-35)54-48(61)43(52-44(57)26-27-50-46(59)37-16-10-6-11-17-37)31-38-32-55(33-51-38)28-12-4-2-1-3-7-13-34-14-8-5-9-15-34/h5-6,8-11,14-25,32-33,41-43,56H,1-4,7,12-13,26-31H2,(H2,49,58)(H,50,59)(H,52,57)(H,53,60)(H,54,61)(H2,62,63,64)/t41-,42-,43-/m0/s1. The number of phenols is 1. The lowest BCUT2D eigenvalue weighted by Gasteiger charge is -2.25. The van der Waals surface area contributed by atoms with Gasteiger partial charge in [0.1, 0.15) is 29.6 Å². The van der Waals surface area contributed by atoms with Gasteiger partial charge in [-0.1, -0.05) is 98.5 Å². The first-order chi connectivity index (χ1) is 31.7. The third-order valence-electron chi connectivity index (χ3n) is 10.7. The molecule has 0 aliphatic rings. The van der Waals surface area contributed by atoms with E-state index in [2.05, 4.69) is 55.0 Å². The van der Waals surface area contributed by atoms with E-state index in [1.54, 1.807) is 48.8 Å². The van der Waals surface area contributed by atoms with Crippen LogP contribution in [0.5, 0.6) is 11.5 Å². The van der Waals surface area contributed by atoms with Crippen molar-refractivity contribution in [1.82, 2.24) is 30.8 Å². The maximum absolute atomic E-state index is 14.2. The molecule has 5 aromatic rings.